The Labute approximate surface area is 473 Å². The van der Waals surface area contributed by atoms with Crippen LogP contribution in [0.2, 0.25) is 0 Å². The topological polar surface area (TPSA) is 32.5 Å². The number of aromatic nitrogens is 1. The van der Waals surface area contributed by atoms with E-state index in [4.69, 9.17) is 9.40 Å². The Kier molecular flexibility index (Phi) is 11.4. The highest BCUT2D eigenvalue weighted by molar-refractivity contribution is 5.93. The number of fused-ring (bicyclic) bond motifs is 7. The highest BCUT2D eigenvalue weighted by Crippen LogP contribution is 2.59. The van der Waals surface area contributed by atoms with E-state index in [2.05, 4.69) is 297 Å². The van der Waals surface area contributed by atoms with Crippen molar-refractivity contribution in [3.05, 3.63) is 331 Å². The van der Waals surface area contributed by atoms with E-state index < -0.39 is 5.41 Å². The first-order valence-electron chi connectivity index (χ1n) is 27.9. The number of para-hydroxylation sites is 2. The number of hydrogen-bond acceptors (Lipinski definition) is 4. The molecule has 0 spiro atoms. The molecule has 4 nitrogen and oxygen atoms in total. The largest absolute Gasteiger partial charge is 0.436 e. The van der Waals surface area contributed by atoms with Crippen LogP contribution in [0.4, 0.5) is 34.1 Å². The Morgan fingerprint density at radius 2 is 0.654 bits per heavy atom. The van der Waals surface area contributed by atoms with Gasteiger partial charge in [0.2, 0.25) is 5.89 Å². The molecular weight excluding hydrogens is 983 g/mol. The lowest BCUT2D eigenvalue weighted by atomic mass is 9.67. The lowest BCUT2D eigenvalue weighted by Gasteiger charge is -2.36. The highest BCUT2D eigenvalue weighted by atomic mass is 16.3. The molecule has 1 heterocycles. The maximum atomic E-state index is 6.30. The standard InChI is InChI=1S/C77H55N3O/c1-76(2)69-28-16-15-27-65(69)66-46-43-62(49-70(66)76)80(61-41-35-56(36-42-61)75-78-73-29-17-18-30-74(73)81-75)64-45-48-68-67-47-44-63(50-71(67)77(72(68)51-64,57-23-11-5-12-24-57)58-25-13-6-14-26-58)79(59-37-31-54(32-38-59)52-19-7-3-8-20-52)60-39-33-55(34-40-60)53-21-9-4-10-22-53/h3-51H,1-2H3. The van der Waals surface area contributed by atoms with Crippen LogP contribution in [0.1, 0.15) is 47.2 Å². The summed E-state index contributed by atoms with van der Waals surface area (Å²) in [5.74, 6) is 0.600. The van der Waals surface area contributed by atoms with Crippen molar-refractivity contribution in [1.82, 2.24) is 4.98 Å². The Hall–Kier alpha value is -10.3. The van der Waals surface area contributed by atoms with Gasteiger partial charge in [0.1, 0.15) is 5.52 Å². The van der Waals surface area contributed by atoms with Crippen LogP contribution in [0.25, 0.3) is 67.1 Å². The van der Waals surface area contributed by atoms with Crippen LogP contribution in [-0.4, -0.2) is 4.98 Å². The highest BCUT2D eigenvalue weighted by Gasteiger charge is 2.47. The van der Waals surface area contributed by atoms with Gasteiger partial charge in [-0.1, -0.05) is 214 Å². The minimum atomic E-state index is -0.719. The van der Waals surface area contributed by atoms with Crippen molar-refractivity contribution >= 4 is 45.2 Å². The first-order valence-corrected chi connectivity index (χ1v) is 27.9. The molecule has 0 amide bonds. The molecule has 1 aromatic heterocycles. The van der Waals surface area contributed by atoms with E-state index in [0.717, 1.165) is 50.8 Å². The third-order valence-electron chi connectivity index (χ3n) is 17.0. The second kappa shape index (κ2) is 19.3. The van der Waals surface area contributed by atoms with Crippen LogP contribution < -0.4 is 9.80 Å². The van der Waals surface area contributed by atoms with Gasteiger partial charge in [-0.2, -0.15) is 0 Å². The first kappa shape index (κ1) is 47.9. The van der Waals surface area contributed by atoms with Gasteiger partial charge in [0.15, 0.2) is 5.58 Å². The van der Waals surface area contributed by atoms with Gasteiger partial charge in [0.25, 0.3) is 0 Å². The molecule has 0 aliphatic heterocycles. The van der Waals surface area contributed by atoms with Crippen molar-refractivity contribution in [3.63, 3.8) is 0 Å². The summed E-state index contributed by atoms with van der Waals surface area (Å²) >= 11 is 0. The summed E-state index contributed by atoms with van der Waals surface area (Å²) in [4.78, 5) is 9.73. The molecular formula is C77H55N3O. The minimum Gasteiger partial charge on any atom is -0.436 e. The monoisotopic (exact) mass is 1040 g/mol. The molecule has 15 rings (SSSR count). The molecule has 384 valence electrons. The summed E-state index contributed by atoms with van der Waals surface area (Å²) in [7, 11) is 0. The molecule has 13 aromatic rings. The van der Waals surface area contributed by atoms with E-state index in [1.165, 1.54) is 77.9 Å². The van der Waals surface area contributed by atoms with Gasteiger partial charge in [-0.25, -0.2) is 4.98 Å². The van der Waals surface area contributed by atoms with Gasteiger partial charge in [-0.05, 0) is 175 Å². The molecule has 0 unspecified atom stereocenters. The average molecular weight is 1040 g/mol. The maximum Gasteiger partial charge on any atom is 0.227 e. The summed E-state index contributed by atoms with van der Waals surface area (Å²) in [6.07, 6.45) is 0. The second-order valence-electron chi connectivity index (χ2n) is 21.9. The Morgan fingerprint density at radius 1 is 0.296 bits per heavy atom. The second-order valence-corrected chi connectivity index (χ2v) is 21.9. The molecule has 2 aliphatic carbocycles. The zero-order valence-electron chi connectivity index (χ0n) is 45.0. The first-order chi connectivity index (χ1) is 39.9. The van der Waals surface area contributed by atoms with Crippen LogP contribution in [0.5, 0.6) is 0 Å². The van der Waals surface area contributed by atoms with E-state index >= 15 is 0 Å². The zero-order chi connectivity index (χ0) is 54.1. The predicted octanol–water partition coefficient (Wildman–Crippen LogP) is 20.4. The molecule has 0 fully saturated rings. The Bertz CT molecular complexity index is 4300. The fourth-order valence-corrected chi connectivity index (χ4v) is 13.1. The van der Waals surface area contributed by atoms with E-state index in [-0.39, 0.29) is 5.41 Å². The average Bonchev–Trinajstić information content (AvgIpc) is 3.09. The summed E-state index contributed by atoms with van der Waals surface area (Å²) in [6.45, 7) is 4.72. The molecule has 0 atom stereocenters. The summed E-state index contributed by atoms with van der Waals surface area (Å²) in [5.41, 5.74) is 25.2. The zero-order valence-corrected chi connectivity index (χ0v) is 45.0. The van der Waals surface area contributed by atoms with E-state index in [1.807, 2.05) is 24.3 Å². The van der Waals surface area contributed by atoms with Crippen LogP contribution >= 0.6 is 0 Å². The molecule has 0 bridgehead atoms. The summed E-state index contributed by atoms with van der Waals surface area (Å²) in [6, 6.07) is 108. The van der Waals surface area contributed by atoms with Crippen LogP contribution in [0, 0.1) is 0 Å². The SMILES string of the molecule is CC1(C)c2ccccc2-c2ccc(N(c3ccc(-c4nc5ccccc5o4)cc3)c3ccc4c(c3)C(c3ccccc3)(c3ccccc3)c3cc(N(c5ccc(-c6ccccc6)cc5)c5ccc(-c6ccccc6)cc5)ccc3-4)cc21. The number of rotatable bonds is 11. The van der Waals surface area contributed by atoms with Gasteiger partial charge >= 0.3 is 0 Å². The van der Waals surface area contributed by atoms with Gasteiger partial charge in [-0.3, -0.25) is 0 Å². The van der Waals surface area contributed by atoms with Crippen LogP contribution in [-0.2, 0) is 10.8 Å². The normalized spacial score (nSPS) is 13.3. The van der Waals surface area contributed by atoms with Crippen LogP contribution in [0.3, 0.4) is 0 Å². The molecule has 0 N–H and O–H groups in total. The minimum absolute atomic E-state index is 0.195. The predicted molar refractivity (Wildman–Crippen MR) is 335 cm³/mol. The third kappa shape index (κ3) is 7.93. The van der Waals surface area contributed by atoms with Crippen molar-refractivity contribution in [1.29, 1.82) is 0 Å². The van der Waals surface area contributed by atoms with Crippen molar-refractivity contribution in [2.75, 3.05) is 9.80 Å². The number of hydrogen-bond donors (Lipinski definition) is 0. The fourth-order valence-electron chi connectivity index (χ4n) is 13.1. The maximum absolute atomic E-state index is 6.30. The molecule has 4 heteroatoms. The quantitative estimate of drug-likeness (QED) is 0.129. The summed E-state index contributed by atoms with van der Waals surface area (Å²) in [5, 5.41) is 0. The molecule has 81 heavy (non-hydrogen) atoms. The van der Waals surface area contributed by atoms with Gasteiger partial charge in [-0.15, -0.1) is 0 Å². The lowest BCUT2D eigenvalue weighted by Crippen LogP contribution is -2.29. The molecule has 2 aliphatic rings. The van der Waals surface area contributed by atoms with Gasteiger partial charge < -0.3 is 14.2 Å². The molecule has 0 saturated heterocycles. The Balaban J connectivity index is 0.924. The molecule has 0 radical (unpaired) electrons. The molecule has 0 saturated carbocycles. The van der Waals surface area contributed by atoms with E-state index in [9.17, 15) is 0 Å². The fraction of sp³-hybridized carbons (Fsp3) is 0.0519. The third-order valence-corrected chi connectivity index (χ3v) is 17.0. The van der Waals surface area contributed by atoms with Crippen molar-refractivity contribution in [2.24, 2.45) is 0 Å². The smallest absolute Gasteiger partial charge is 0.227 e. The van der Waals surface area contributed by atoms with E-state index in [1.54, 1.807) is 0 Å². The summed E-state index contributed by atoms with van der Waals surface area (Å²) < 4.78 is 6.30. The van der Waals surface area contributed by atoms with Crippen molar-refractivity contribution in [3.8, 4) is 56.0 Å². The van der Waals surface area contributed by atoms with Crippen LogP contribution in [0.15, 0.2) is 302 Å². The number of benzene rings is 12. The number of anilines is 6. The van der Waals surface area contributed by atoms with Gasteiger partial charge in [0, 0.05) is 45.1 Å². The lowest BCUT2D eigenvalue weighted by molar-refractivity contribution is 0.620. The van der Waals surface area contributed by atoms with Crippen molar-refractivity contribution < 1.29 is 4.42 Å². The number of nitrogens with zero attached hydrogens (tertiary/aromatic N) is 3. The van der Waals surface area contributed by atoms with Crippen molar-refractivity contribution in [2.45, 2.75) is 24.7 Å². The van der Waals surface area contributed by atoms with E-state index in [0.29, 0.717) is 5.89 Å². The molecule has 12 aromatic carbocycles. The number of oxazole rings is 1. The van der Waals surface area contributed by atoms with Gasteiger partial charge in [0.05, 0.1) is 5.41 Å². The Morgan fingerprint density at radius 3 is 1.15 bits per heavy atom.